The standard InChI is InChI=1S/C62H67F2N11O11/c1-7-41-45(63)14-11-36-25-40(85-34-82-6)26-43(49(36)41)52-51(64)53-44(28-66-52)54(72-30-37-12-13-38(31-72)74(37)60(81)86-61(3,4)5)69-58(68-53)84-33-62-18-17-39(73(62)29-35(2)27-62)32-83-59(80)71-23-21-70(22-24-71)20-19-65-46-10-8-9-42-50(46)57(79)75(56(42)78)47-15-16-48(76)67-55(47)77/h1,8-11,14,25-26,28,37-39,47,65H,2,12-13,15-24,27,29-34H2,3-6H3,(H,67,76,77)/t37-,38+,39-,47?,62-/m0/s1. The summed E-state index contributed by atoms with van der Waals surface area (Å²) in [6.45, 7) is 14.3. The summed E-state index contributed by atoms with van der Waals surface area (Å²) in [5.41, 5.74) is 0.413. The molecule has 0 saturated carbocycles. The molecular formula is C62H67F2N11O11. The second-order valence-electron chi connectivity index (χ2n) is 24.1. The van der Waals surface area contributed by atoms with Crippen LogP contribution in [0.15, 0.2) is 60.8 Å². The Kier molecular flexibility index (Phi) is 15.5. The third-order valence-electron chi connectivity index (χ3n) is 17.5. The average molecular weight is 1180 g/mol. The van der Waals surface area contributed by atoms with E-state index in [0.29, 0.717) is 106 Å². The van der Waals surface area contributed by atoms with Crippen LogP contribution < -0.4 is 25.0 Å². The maximum atomic E-state index is 17.8. The van der Waals surface area contributed by atoms with Gasteiger partial charge in [-0.25, -0.2) is 18.4 Å². The van der Waals surface area contributed by atoms with E-state index < -0.39 is 64.6 Å². The second-order valence-corrected chi connectivity index (χ2v) is 24.1. The number of piperazine rings is 2. The van der Waals surface area contributed by atoms with Crippen LogP contribution in [0.3, 0.4) is 0 Å². The molecule has 24 heteroatoms. The van der Waals surface area contributed by atoms with Crippen molar-refractivity contribution in [2.24, 2.45) is 0 Å². The molecule has 450 valence electrons. The van der Waals surface area contributed by atoms with Crippen LogP contribution in [-0.4, -0.2) is 197 Å². The lowest BCUT2D eigenvalue weighted by molar-refractivity contribution is -0.136. The van der Waals surface area contributed by atoms with Crippen molar-refractivity contribution in [3.05, 3.63) is 89.1 Å². The number of hydrogen-bond donors (Lipinski definition) is 2. The molecule has 5 aromatic rings. The summed E-state index contributed by atoms with van der Waals surface area (Å²) in [5, 5.41) is 6.56. The molecule has 6 saturated heterocycles. The highest BCUT2D eigenvalue weighted by Gasteiger charge is 2.52. The molecule has 22 nitrogen and oxygen atoms in total. The van der Waals surface area contributed by atoms with Crippen LogP contribution in [-0.2, 0) is 23.8 Å². The van der Waals surface area contributed by atoms with Gasteiger partial charge in [0.15, 0.2) is 12.6 Å². The first-order chi connectivity index (χ1) is 41.3. The number of amides is 6. The zero-order chi connectivity index (χ0) is 60.3. The third kappa shape index (κ3) is 10.8. The number of nitrogens with zero attached hydrogens (tertiary/aromatic N) is 9. The van der Waals surface area contributed by atoms with Gasteiger partial charge in [-0.15, -0.1) is 6.42 Å². The van der Waals surface area contributed by atoms with E-state index >= 15 is 8.78 Å². The molecule has 0 aliphatic carbocycles. The fourth-order valence-corrected chi connectivity index (χ4v) is 13.5. The van der Waals surface area contributed by atoms with E-state index in [1.54, 1.807) is 40.1 Å². The number of fused-ring (bicyclic) bond motifs is 6. The number of anilines is 2. The predicted molar refractivity (Wildman–Crippen MR) is 310 cm³/mol. The number of rotatable bonds is 15. The SMILES string of the molecule is C#Cc1c(F)ccc2cc(OCOC)cc(-c3ncc4c(N5C[C@H]6CC[C@@H](C5)N6C(=O)OC(C)(C)C)nc(OC[C@@]56CC[C@@H](COC(=O)N7CCN(CCNc8cccc9c8C(=O)N(C8CCC(=O)NC8=O)C9=O)CC7)N5CC(=C)C6)nc4c3F)c12. The van der Waals surface area contributed by atoms with Crippen molar-refractivity contribution >= 4 is 69.0 Å². The first kappa shape index (κ1) is 57.9. The molecule has 5 atom stereocenters. The first-order valence-electron chi connectivity index (χ1n) is 29.1. The van der Waals surface area contributed by atoms with Crippen molar-refractivity contribution in [1.82, 2.24) is 44.8 Å². The Hall–Kier alpha value is -8.53. The van der Waals surface area contributed by atoms with Crippen LogP contribution in [0.2, 0.25) is 0 Å². The van der Waals surface area contributed by atoms with Crippen molar-refractivity contribution in [2.45, 2.75) is 101 Å². The van der Waals surface area contributed by atoms with Gasteiger partial charge in [0.1, 0.15) is 53.5 Å². The lowest BCUT2D eigenvalue weighted by Gasteiger charge is -2.42. The van der Waals surface area contributed by atoms with Gasteiger partial charge < -0.3 is 38.8 Å². The molecule has 86 heavy (non-hydrogen) atoms. The number of imide groups is 2. The topological polar surface area (TPSA) is 231 Å². The molecule has 0 radical (unpaired) electrons. The Morgan fingerprint density at radius 3 is 2.45 bits per heavy atom. The fourth-order valence-electron chi connectivity index (χ4n) is 13.5. The first-order valence-corrected chi connectivity index (χ1v) is 29.1. The Morgan fingerprint density at radius 1 is 0.942 bits per heavy atom. The van der Waals surface area contributed by atoms with Gasteiger partial charge in [-0.1, -0.05) is 30.2 Å². The number of pyridine rings is 1. The van der Waals surface area contributed by atoms with Crippen LogP contribution >= 0.6 is 0 Å². The summed E-state index contributed by atoms with van der Waals surface area (Å²) < 4.78 is 62.8. The van der Waals surface area contributed by atoms with Gasteiger partial charge in [-0.3, -0.25) is 49.1 Å². The molecule has 2 aromatic heterocycles. The smallest absolute Gasteiger partial charge is 0.410 e. The molecule has 7 aliphatic heterocycles. The highest BCUT2D eigenvalue weighted by atomic mass is 19.1. The lowest BCUT2D eigenvalue weighted by Crippen LogP contribution is -2.57. The van der Waals surface area contributed by atoms with E-state index in [9.17, 15) is 28.8 Å². The van der Waals surface area contributed by atoms with Crippen molar-refractivity contribution < 1.29 is 61.2 Å². The molecule has 6 amide bonds. The number of benzene rings is 3. The third-order valence-corrected chi connectivity index (χ3v) is 17.5. The summed E-state index contributed by atoms with van der Waals surface area (Å²) in [7, 11) is 1.47. The van der Waals surface area contributed by atoms with Gasteiger partial charge in [0.25, 0.3) is 11.8 Å². The maximum absolute atomic E-state index is 17.8. The number of hydrogen-bond acceptors (Lipinski definition) is 18. The molecule has 6 fully saturated rings. The number of aromatic nitrogens is 3. The van der Waals surface area contributed by atoms with E-state index in [1.165, 1.54) is 25.4 Å². The second kappa shape index (κ2) is 23.0. The minimum atomic E-state index is -1.06. The van der Waals surface area contributed by atoms with Crippen molar-refractivity contribution in [3.63, 3.8) is 0 Å². The Bertz CT molecular complexity index is 3660. The average Bonchev–Trinajstić information content (AvgIpc) is 1.31. The molecule has 0 spiro atoms. The van der Waals surface area contributed by atoms with Crippen molar-refractivity contribution in [1.29, 1.82) is 0 Å². The van der Waals surface area contributed by atoms with E-state index in [0.717, 1.165) is 23.3 Å². The maximum Gasteiger partial charge on any atom is 0.410 e. The van der Waals surface area contributed by atoms with Crippen LogP contribution in [0, 0.1) is 24.0 Å². The molecule has 7 aliphatic rings. The number of terminal acetylenes is 1. The largest absolute Gasteiger partial charge is 0.468 e. The fraction of sp³-hybridized carbons (Fsp3) is 0.468. The van der Waals surface area contributed by atoms with Crippen molar-refractivity contribution in [2.75, 3.05) is 96.2 Å². The quantitative estimate of drug-likeness (QED) is 0.0494. The van der Waals surface area contributed by atoms with Gasteiger partial charge in [0.2, 0.25) is 11.8 Å². The normalized spacial score (nSPS) is 23.2. The number of halogens is 2. The zero-order valence-corrected chi connectivity index (χ0v) is 48.4. The van der Waals surface area contributed by atoms with E-state index in [4.69, 9.17) is 40.1 Å². The number of nitrogens with one attached hydrogen (secondary N) is 2. The van der Waals surface area contributed by atoms with Gasteiger partial charge >= 0.3 is 18.2 Å². The highest BCUT2D eigenvalue weighted by molar-refractivity contribution is 6.25. The van der Waals surface area contributed by atoms with Crippen LogP contribution in [0.4, 0.5) is 29.9 Å². The van der Waals surface area contributed by atoms with Crippen LogP contribution in [0.1, 0.15) is 92.0 Å². The number of carbonyl (C=O) groups excluding carboxylic acids is 6. The van der Waals surface area contributed by atoms with E-state index in [2.05, 4.69) is 37.9 Å². The summed E-state index contributed by atoms with van der Waals surface area (Å²) in [4.78, 5) is 104. The number of piperidine rings is 1. The number of ether oxygens (including phenoxy) is 5. The lowest BCUT2D eigenvalue weighted by atomic mass is 9.94. The van der Waals surface area contributed by atoms with Gasteiger partial charge in [-0.05, 0) is 95.0 Å². The van der Waals surface area contributed by atoms with Crippen LogP contribution in [0.5, 0.6) is 11.8 Å². The molecule has 2 N–H and O–H groups in total. The Morgan fingerprint density at radius 2 is 1.72 bits per heavy atom. The summed E-state index contributed by atoms with van der Waals surface area (Å²) in [5.74, 6) is -0.644. The van der Waals surface area contributed by atoms with Crippen molar-refractivity contribution in [3.8, 4) is 35.4 Å². The minimum Gasteiger partial charge on any atom is -0.468 e. The Balaban J connectivity index is 0.727. The highest BCUT2D eigenvalue weighted by Crippen LogP contribution is 2.46. The monoisotopic (exact) mass is 1180 g/mol. The van der Waals surface area contributed by atoms with Gasteiger partial charge in [-0.2, -0.15) is 9.97 Å². The van der Waals surface area contributed by atoms with Crippen LogP contribution in [0.25, 0.3) is 32.9 Å². The molecule has 12 rings (SSSR count). The number of methoxy groups -OCH3 is 1. The molecule has 3 aromatic carbocycles. The molecule has 9 heterocycles. The molecular weight excluding hydrogens is 1110 g/mol. The Labute approximate surface area is 495 Å². The summed E-state index contributed by atoms with van der Waals surface area (Å²) in [6.07, 6.45) is 10.1. The zero-order valence-electron chi connectivity index (χ0n) is 48.4. The summed E-state index contributed by atoms with van der Waals surface area (Å²) in [6, 6.07) is 9.19. The predicted octanol–water partition coefficient (Wildman–Crippen LogP) is 6.48. The van der Waals surface area contributed by atoms with E-state index in [-0.39, 0.29) is 95.8 Å². The molecule has 1 unspecified atom stereocenters. The summed E-state index contributed by atoms with van der Waals surface area (Å²) >= 11 is 0. The minimum absolute atomic E-state index is 0.0296. The number of carbonyl (C=O) groups is 6. The van der Waals surface area contributed by atoms with Gasteiger partial charge in [0, 0.05) is 101 Å². The molecule has 2 bridgehead atoms. The van der Waals surface area contributed by atoms with E-state index in [1.807, 2.05) is 25.7 Å². The van der Waals surface area contributed by atoms with Gasteiger partial charge in [0.05, 0.1) is 39.7 Å².